The Balaban J connectivity index is 1.08. The van der Waals surface area contributed by atoms with Gasteiger partial charge in [-0.2, -0.15) is 0 Å². The van der Waals surface area contributed by atoms with Gasteiger partial charge in [-0.3, -0.25) is 0 Å². The van der Waals surface area contributed by atoms with Crippen LogP contribution in [-0.4, -0.2) is 19.5 Å². The zero-order chi connectivity index (χ0) is 34.8. The molecule has 2 heterocycles. The molecule has 4 heteroatoms. The summed E-state index contributed by atoms with van der Waals surface area (Å²) >= 11 is 0. The third-order valence-electron chi connectivity index (χ3n) is 11.0. The zero-order valence-electron chi connectivity index (χ0n) is 29.2. The van der Waals surface area contributed by atoms with E-state index in [4.69, 9.17) is 15.0 Å². The minimum absolute atomic E-state index is 0.0295. The summed E-state index contributed by atoms with van der Waals surface area (Å²) in [6, 6.07) is 51.7. The molecule has 4 nitrogen and oxygen atoms in total. The third-order valence-corrected chi connectivity index (χ3v) is 11.0. The molecule has 8 aromatic rings. The summed E-state index contributed by atoms with van der Waals surface area (Å²) in [6.07, 6.45) is 7.43. The van der Waals surface area contributed by atoms with Crippen LogP contribution in [0.4, 0.5) is 0 Å². The van der Waals surface area contributed by atoms with Crippen molar-refractivity contribution < 1.29 is 0 Å². The Morgan fingerprint density at radius 3 is 1.94 bits per heavy atom. The maximum Gasteiger partial charge on any atom is 0.163 e. The van der Waals surface area contributed by atoms with Gasteiger partial charge in [0.25, 0.3) is 0 Å². The van der Waals surface area contributed by atoms with E-state index >= 15 is 0 Å². The average Bonchev–Trinajstić information content (AvgIpc) is 3.67. The molecule has 0 spiro atoms. The molecule has 6 aromatic carbocycles. The van der Waals surface area contributed by atoms with Crippen LogP contribution in [0.3, 0.4) is 0 Å². The highest BCUT2D eigenvalue weighted by atomic mass is 15.0. The van der Waals surface area contributed by atoms with Crippen molar-refractivity contribution in [3.8, 4) is 45.0 Å². The van der Waals surface area contributed by atoms with Crippen LogP contribution in [0.25, 0.3) is 72.5 Å². The Hall–Kier alpha value is -6.39. The number of para-hydroxylation sites is 1. The normalized spacial score (nSPS) is 15.8. The van der Waals surface area contributed by atoms with Crippen LogP contribution < -0.4 is 0 Å². The maximum absolute atomic E-state index is 5.17. The van der Waals surface area contributed by atoms with Gasteiger partial charge >= 0.3 is 0 Å². The van der Waals surface area contributed by atoms with Crippen LogP contribution >= 0.6 is 0 Å². The first-order valence-electron chi connectivity index (χ1n) is 18.1. The number of benzene rings is 6. The smallest absolute Gasteiger partial charge is 0.163 e. The highest BCUT2D eigenvalue weighted by Gasteiger charge is 2.37. The van der Waals surface area contributed by atoms with Crippen molar-refractivity contribution in [1.82, 2.24) is 19.5 Å². The Morgan fingerprint density at radius 2 is 1.17 bits per heavy atom. The molecule has 0 N–H and O–H groups in total. The number of allylic oxidation sites excluding steroid dienone is 4. The number of aromatic nitrogens is 4. The Labute approximate surface area is 303 Å². The second-order valence-electron chi connectivity index (χ2n) is 14.4. The van der Waals surface area contributed by atoms with Crippen molar-refractivity contribution in [2.24, 2.45) is 0 Å². The SMILES string of the molecule is CC1(C)c2ccccc2-c2c1ccc1c2c2ccccc2n1C1=CC=CC(c2nc(-c3ccccc3)nc(-c3ccc(-c4ccccc4)cc3)n2)C1. The van der Waals surface area contributed by atoms with E-state index < -0.39 is 0 Å². The van der Waals surface area contributed by atoms with Gasteiger partial charge in [0.2, 0.25) is 0 Å². The topological polar surface area (TPSA) is 43.6 Å². The second kappa shape index (κ2) is 11.9. The summed E-state index contributed by atoms with van der Waals surface area (Å²) in [6.45, 7) is 4.71. The average molecular weight is 669 g/mol. The lowest BCUT2D eigenvalue weighted by atomic mass is 9.82. The van der Waals surface area contributed by atoms with Gasteiger partial charge in [-0.1, -0.05) is 159 Å². The summed E-state index contributed by atoms with van der Waals surface area (Å²) in [4.78, 5) is 15.3. The number of hydrogen-bond acceptors (Lipinski definition) is 3. The van der Waals surface area contributed by atoms with Gasteiger partial charge in [-0.15, -0.1) is 0 Å². The van der Waals surface area contributed by atoms with E-state index in [-0.39, 0.29) is 11.3 Å². The van der Waals surface area contributed by atoms with Crippen molar-refractivity contribution in [1.29, 1.82) is 0 Å². The first-order chi connectivity index (χ1) is 25.5. The molecular weight excluding hydrogens is 633 g/mol. The molecule has 1 atom stereocenters. The van der Waals surface area contributed by atoms with Crippen molar-refractivity contribution >= 4 is 27.5 Å². The fourth-order valence-electron chi connectivity index (χ4n) is 8.41. The van der Waals surface area contributed by atoms with E-state index in [0.717, 1.165) is 28.9 Å². The Bertz CT molecular complexity index is 2720. The van der Waals surface area contributed by atoms with Crippen LogP contribution in [0.15, 0.2) is 164 Å². The fraction of sp³-hybridized carbons (Fsp3) is 0.104. The van der Waals surface area contributed by atoms with Crippen LogP contribution in [-0.2, 0) is 5.41 Å². The highest BCUT2D eigenvalue weighted by molar-refractivity contribution is 6.18. The summed E-state index contributed by atoms with van der Waals surface area (Å²) < 4.78 is 2.47. The predicted molar refractivity (Wildman–Crippen MR) is 214 cm³/mol. The summed E-state index contributed by atoms with van der Waals surface area (Å²) in [5.41, 5.74) is 13.4. The molecule has 0 aliphatic heterocycles. The van der Waals surface area contributed by atoms with E-state index in [9.17, 15) is 0 Å². The number of rotatable bonds is 5. The first-order valence-corrected chi connectivity index (χ1v) is 18.1. The van der Waals surface area contributed by atoms with Gasteiger partial charge in [-0.25, -0.2) is 15.0 Å². The predicted octanol–water partition coefficient (Wildman–Crippen LogP) is 11.9. The Kier molecular flexibility index (Phi) is 6.94. The van der Waals surface area contributed by atoms with E-state index in [0.29, 0.717) is 11.6 Å². The van der Waals surface area contributed by atoms with Gasteiger partial charge in [-0.05, 0) is 51.6 Å². The van der Waals surface area contributed by atoms with E-state index in [1.165, 1.54) is 55.3 Å². The molecule has 0 radical (unpaired) electrons. The quantitative estimate of drug-likeness (QED) is 0.183. The molecule has 0 saturated carbocycles. The lowest BCUT2D eigenvalue weighted by molar-refractivity contribution is 0.661. The van der Waals surface area contributed by atoms with Gasteiger partial charge in [0.15, 0.2) is 11.6 Å². The monoisotopic (exact) mass is 668 g/mol. The molecule has 52 heavy (non-hydrogen) atoms. The van der Waals surface area contributed by atoms with Gasteiger partial charge < -0.3 is 4.57 Å². The summed E-state index contributed by atoms with van der Waals surface area (Å²) in [5, 5.41) is 2.60. The number of hydrogen-bond donors (Lipinski definition) is 0. The molecule has 2 aromatic heterocycles. The fourth-order valence-corrected chi connectivity index (χ4v) is 8.41. The standard InChI is InChI=1S/C48H36N4/c1-48(2)39-22-11-9-20-37(39)43-40(48)28-29-42-44(43)38-21-10-12-23-41(38)52(42)36-19-13-18-35(30-36)47-50-45(33-16-7-4-8-17-33)49-46(51-47)34-26-24-32(25-27-34)31-14-5-3-6-15-31/h3-29,35H,30H2,1-2H3. The van der Waals surface area contributed by atoms with E-state index in [1.54, 1.807) is 0 Å². The molecule has 248 valence electrons. The van der Waals surface area contributed by atoms with Gasteiger partial charge in [0.05, 0.1) is 11.0 Å². The minimum atomic E-state index is -0.0595. The van der Waals surface area contributed by atoms with Gasteiger partial charge in [0, 0.05) is 45.4 Å². The van der Waals surface area contributed by atoms with Crippen LogP contribution in [0.1, 0.15) is 43.1 Å². The summed E-state index contributed by atoms with van der Waals surface area (Å²) in [5.74, 6) is 2.11. The molecule has 10 rings (SSSR count). The maximum atomic E-state index is 5.17. The lowest BCUT2D eigenvalue weighted by Gasteiger charge is -2.22. The largest absolute Gasteiger partial charge is 0.313 e. The first kappa shape index (κ1) is 30.4. The van der Waals surface area contributed by atoms with Crippen molar-refractivity contribution in [2.75, 3.05) is 0 Å². The van der Waals surface area contributed by atoms with E-state index in [1.807, 2.05) is 24.3 Å². The molecule has 0 bridgehead atoms. The van der Waals surface area contributed by atoms with Crippen molar-refractivity contribution in [3.63, 3.8) is 0 Å². The zero-order valence-corrected chi connectivity index (χ0v) is 29.2. The van der Waals surface area contributed by atoms with E-state index in [2.05, 4.69) is 158 Å². The van der Waals surface area contributed by atoms with Crippen molar-refractivity contribution in [3.05, 3.63) is 181 Å². The van der Waals surface area contributed by atoms with Gasteiger partial charge in [0.1, 0.15) is 5.82 Å². The lowest BCUT2D eigenvalue weighted by Crippen LogP contribution is -2.14. The second-order valence-corrected chi connectivity index (χ2v) is 14.4. The van der Waals surface area contributed by atoms with Crippen LogP contribution in [0, 0.1) is 0 Å². The summed E-state index contributed by atoms with van der Waals surface area (Å²) in [7, 11) is 0. The molecule has 0 fully saturated rings. The molecule has 2 aliphatic rings. The molecule has 2 aliphatic carbocycles. The Morgan fingerprint density at radius 1 is 0.558 bits per heavy atom. The molecule has 1 unspecified atom stereocenters. The molecule has 0 amide bonds. The number of nitrogens with zero attached hydrogens (tertiary/aromatic N) is 4. The number of fused-ring (bicyclic) bond motifs is 7. The van der Waals surface area contributed by atoms with Crippen LogP contribution in [0.2, 0.25) is 0 Å². The third kappa shape index (κ3) is 4.79. The van der Waals surface area contributed by atoms with Crippen molar-refractivity contribution in [2.45, 2.75) is 31.6 Å². The molecular formula is C48H36N4. The highest BCUT2D eigenvalue weighted by Crippen LogP contribution is 2.53. The van der Waals surface area contributed by atoms with Crippen LogP contribution in [0.5, 0.6) is 0 Å². The minimum Gasteiger partial charge on any atom is -0.313 e. The molecule has 0 saturated heterocycles.